The maximum Gasteiger partial charge on any atom is 0.309 e. The summed E-state index contributed by atoms with van der Waals surface area (Å²) in [4.78, 5) is 39.8. The highest BCUT2D eigenvalue weighted by molar-refractivity contribution is 7.12. The molecule has 0 atom stereocenters. The van der Waals surface area contributed by atoms with Crippen LogP contribution in [-0.4, -0.2) is 42.3 Å². The molecule has 0 N–H and O–H groups in total. The van der Waals surface area contributed by atoms with E-state index in [1.54, 1.807) is 4.90 Å². The van der Waals surface area contributed by atoms with Gasteiger partial charge in [-0.1, -0.05) is 49.6 Å². The number of benzene rings is 1. The first-order valence-corrected chi connectivity index (χ1v) is 12.1. The van der Waals surface area contributed by atoms with Crippen LogP contribution in [0.3, 0.4) is 0 Å². The Morgan fingerprint density at radius 3 is 2.29 bits per heavy atom. The van der Waals surface area contributed by atoms with Gasteiger partial charge >= 0.3 is 5.97 Å². The van der Waals surface area contributed by atoms with Crippen LogP contribution in [0, 0.1) is 5.92 Å². The van der Waals surface area contributed by atoms with Crippen LogP contribution in [0.1, 0.15) is 76.5 Å². The Labute approximate surface area is 187 Å². The lowest BCUT2D eigenvalue weighted by Gasteiger charge is -2.30. The Kier molecular flexibility index (Phi) is 7.17. The number of likely N-dealkylation sites (tertiary alicyclic amines) is 1. The molecule has 6 heteroatoms. The minimum atomic E-state index is -0.338. The predicted octanol–water partition coefficient (Wildman–Crippen LogP) is 5.07. The minimum Gasteiger partial charge on any atom is -0.457 e. The van der Waals surface area contributed by atoms with E-state index in [0.717, 1.165) is 4.88 Å². The minimum absolute atomic E-state index is 0.0219. The third-order valence-corrected chi connectivity index (χ3v) is 7.36. The van der Waals surface area contributed by atoms with Crippen molar-refractivity contribution in [2.24, 2.45) is 5.92 Å². The van der Waals surface area contributed by atoms with Gasteiger partial charge in [-0.2, -0.15) is 0 Å². The summed E-state index contributed by atoms with van der Waals surface area (Å²) in [6, 6.07) is 11.5. The zero-order valence-corrected chi connectivity index (χ0v) is 18.6. The molecule has 31 heavy (non-hydrogen) atoms. The van der Waals surface area contributed by atoms with Gasteiger partial charge in [-0.05, 0) is 48.6 Å². The molecule has 0 spiro atoms. The lowest BCUT2D eigenvalue weighted by atomic mass is 9.84. The highest BCUT2D eigenvalue weighted by Crippen LogP contribution is 2.32. The van der Waals surface area contributed by atoms with Crippen molar-refractivity contribution in [3.63, 3.8) is 0 Å². The summed E-state index contributed by atoms with van der Waals surface area (Å²) in [5.41, 5.74) is 1.89. The van der Waals surface area contributed by atoms with Gasteiger partial charge in [-0.25, -0.2) is 0 Å². The van der Waals surface area contributed by atoms with Crippen molar-refractivity contribution in [2.45, 2.75) is 50.9 Å². The Hall–Kier alpha value is -2.47. The first kappa shape index (κ1) is 21.8. The molecule has 5 nitrogen and oxygen atoms in total. The fourth-order valence-corrected chi connectivity index (χ4v) is 5.28. The number of carbonyl (C=O) groups excluding carboxylic acids is 3. The molecule has 1 aliphatic heterocycles. The fourth-order valence-electron chi connectivity index (χ4n) is 4.59. The maximum atomic E-state index is 12.5. The number of carbonyl (C=O) groups is 3. The Bertz CT molecular complexity index is 892. The second-order valence-corrected chi connectivity index (χ2v) is 9.48. The van der Waals surface area contributed by atoms with Crippen LogP contribution >= 0.6 is 11.3 Å². The summed E-state index contributed by atoms with van der Waals surface area (Å²) in [6.45, 7) is 0.843. The molecule has 1 amide bonds. The monoisotopic (exact) mass is 439 g/mol. The van der Waals surface area contributed by atoms with Crippen LogP contribution in [-0.2, 0) is 9.53 Å². The lowest BCUT2D eigenvalue weighted by Crippen LogP contribution is -2.40. The first-order chi connectivity index (χ1) is 15.1. The van der Waals surface area contributed by atoms with Crippen LogP contribution in [0.2, 0.25) is 0 Å². The number of rotatable bonds is 6. The van der Waals surface area contributed by atoms with Gasteiger partial charge in [-0.15, -0.1) is 11.3 Å². The number of esters is 1. The van der Waals surface area contributed by atoms with E-state index < -0.39 is 0 Å². The molecule has 2 aliphatic rings. The van der Waals surface area contributed by atoms with Crippen LogP contribution in [0.25, 0.3) is 0 Å². The largest absolute Gasteiger partial charge is 0.457 e. The lowest BCUT2D eigenvalue weighted by molar-refractivity contribution is -0.148. The molecule has 1 saturated heterocycles. The zero-order chi connectivity index (χ0) is 21.6. The van der Waals surface area contributed by atoms with Crippen molar-refractivity contribution in [1.82, 2.24) is 4.90 Å². The SMILES string of the molecule is O=C(COC(=O)C1CCN(C(=O)c2cccs2)CC1)c1ccc(C2CCCCC2)cc1. The molecule has 0 radical (unpaired) electrons. The summed E-state index contributed by atoms with van der Waals surface area (Å²) < 4.78 is 5.32. The highest BCUT2D eigenvalue weighted by Gasteiger charge is 2.29. The number of ether oxygens (including phenoxy) is 1. The van der Waals surface area contributed by atoms with E-state index in [1.165, 1.54) is 49.0 Å². The summed E-state index contributed by atoms with van der Waals surface area (Å²) in [5.74, 6) is -0.139. The number of piperidine rings is 1. The summed E-state index contributed by atoms with van der Waals surface area (Å²) >= 11 is 1.43. The van der Waals surface area contributed by atoms with Crippen LogP contribution in [0.15, 0.2) is 41.8 Å². The van der Waals surface area contributed by atoms with Crippen LogP contribution in [0.4, 0.5) is 0 Å². The van der Waals surface area contributed by atoms with Crippen molar-refractivity contribution >= 4 is 29.0 Å². The normalized spacial score (nSPS) is 18.0. The van der Waals surface area contributed by atoms with Crippen molar-refractivity contribution in [2.75, 3.05) is 19.7 Å². The molecule has 1 saturated carbocycles. The molecular weight excluding hydrogens is 410 g/mol. The molecule has 0 bridgehead atoms. The third kappa shape index (κ3) is 5.42. The van der Waals surface area contributed by atoms with E-state index in [9.17, 15) is 14.4 Å². The molecule has 1 aromatic carbocycles. The number of nitrogens with zero attached hydrogens (tertiary/aromatic N) is 1. The van der Waals surface area contributed by atoms with E-state index >= 15 is 0 Å². The van der Waals surface area contributed by atoms with Gasteiger partial charge in [0, 0.05) is 18.7 Å². The molecule has 164 valence electrons. The number of ketones is 1. The quantitative estimate of drug-likeness (QED) is 0.465. The molecule has 4 rings (SSSR count). The van der Waals surface area contributed by atoms with Crippen molar-refractivity contribution in [3.8, 4) is 0 Å². The van der Waals surface area contributed by atoms with Crippen LogP contribution < -0.4 is 0 Å². The van der Waals surface area contributed by atoms with E-state index in [-0.39, 0.29) is 30.2 Å². The van der Waals surface area contributed by atoms with E-state index in [4.69, 9.17) is 4.74 Å². The second kappa shape index (κ2) is 10.2. The Morgan fingerprint density at radius 1 is 0.935 bits per heavy atom. The zero-order valence-electron chi connectivity index (χ0n) is 17.8. The number of thiophene rings is 1. The Balaban J connectivity index is 1.22. The Morgan fingerprint density at radius 2 is 1.65 bits per heavy atom. The molecule has 2 heterocycles. The molecule has 1 aromatic heterocycles. The van der Waals surface area contributed by atoms with Gasteiger partial charge in [0.1, 0.15) is 0 Å². The smallest absolute Gasteiger partial charge is 0.309 e. The van der Waals surface area contributed by atoms with Crippen molar-refractivity contribution in [3.05, 3.63) is 57.8 Å². The summed E-state index contributed by atoms with van der Waals surface area (Å²) in [7, 11) is 0. The van der Waals surface area contributed by atoms with E-state index in [1.807, 2.05) is 41.8 Å². The van der Waals surface area contributed by atoms with Gasteiger partial charge < -0.3 is 9.64 Å². The second-order valence-electron chi connectivity index (χ2n) is 8.53. The highest BCUT2D eigenvalue weighted by atomic mass is 32.1. The topological polar surface area (TPSA) is 63.7 Å². The van der Waals surface area contributed by atoms with Crippen molar-refractivity contribution < 1.29 is 19.1 Å². The van der Waals surface area contributed by atoms with E-state index in [2.05, 4.69) is 0 Å². The van der Waals surface area contributed by atoms with Gasteiger partial charge in [0.2, 0.25) is 0 Å². The van der Waals surface area contributed by atoms with Crippen LogP contribution in [0.5, 0.6) is 0 Å². The molecular formula is C25H29NO4S. The number of hydrogen-bond donors (Lipinski definition) is 0. The maximum absolute atomic E-state index is 12.5. The molecule has 2 aromatic rings. The van der Waals surface area contributed by atoms with E-state index in [0.29, 0.717) is 37.4 Å². The first-order valence-electron chi connectivity index (χ1n) is 11.2. The molecule has 2 fully saturated rings. The van der Waals surface area contributed by atoms with Gasteiger partial charge in [0.25, 0.3) is 5.91 Å². The summed E-state index contributed by atoms with van der Waals surface area (Å²) in [5, 5.41) is 1.89. The van der Waals surface area contributed by atoms with Gasteiger partial charge in [0.15, 0.2) is 12.4 Å². The van der Waals surface area contributed by atoms with Gasteiger partial charge in [-0.3, -0.25) is 14.4 Å². The standard InChI is InChI=1S/C25H29NO4S/c27-22(20-10-8-19(9-11-20)18-5-2-1-3-6-18)17-30-25(29)21-12-14-26(15-13-21)24(28)23-7-4-16-31-23/h4,7-11,16,18,21H,1-3,5-6,12-15,17H2. The van der Waals surface area contributed by atoms with Crippen molar-refractivity contribution in [1.29, 1.82) is 0 Å². The molecule has 0 unspecified atom stereocenters. The van der Waals surface area contributed by atoms with Gasteiger partial charge in [0.05, 0.1) is 10.8 Å². The number of hydrogen-bond acceptors (Lipinski definition) is 5. The fraction of sp³-hybridized carbons (Fsp3) is 0.480. The third-order valence-electron chi connectivity index (χ3n) is 6.50. The molecule has 1 aliphatic carbocycles. The average molecular weight is 440 g/mol. The number of amides is 1. The average Bonchev–Trinajstić information content (AvgIpc) is 3.38. The predicted molar refractivity (Wildman–Crippen MR) is 121 cm³/mol. The summed E-state index contributed by atoms with van der Waals surface area (Å²) in [6.07, 6.45) is 7.47. The number of Topliss-reactive ketones (excluding diaryl/α,β-unsaturated/α-hetero) is 1.